The van der Waals surface area contributed by atoms with E-state index in [1.54, 1.807) is 0 Å². The van der Waals surface area contributed by atoms with Gasteiger partial charge in [-0.2, -0.15) is 0 Å². The first-order valence-electron chi connectivity index (χ1n) is 8.37. The van der Waals surface area contributed by atoms with E-state index in [9.17, 15) is 4.79 Å². The minimum atomic E-state index is -0.462. The van der Waals surface area contributed by atoms with Crippen LogP contribution in [0.3, 0.4) is 0 Å². The van der Waals surface area contributed by atoms with Crippen molar-refractivity contribution in [2.24, 2.45) is 11.7 Å². The number of hydrogen-bond donors (Lipinski definition) is 2. The summed E-state index contributed by atoms with van der Waals surface area (Å²) in [6.45, 7) is 7.77. The minimum Gasteiger partial charge on any atom is -0.352 e. The van der Waals surface area contributed by atoms with Crippen LogP contribution < -0.4 is 11.1 Å². The van der Waals surface area contributed by atoms with E-state index in [0.717, 1.165) is 38.0 Å². The van der Waals surface area contributed by atoms with E-state index in [0.29, 0.717) is 12.3 Å². The average Bonchev–Trinajstić information content (AvgIpc) is 2.49. The van der Waals surface area contributed by atoms with Crippen molar-refractivity contribution in [2.75, 3.05) is 19.6 Å². The number of rotatable bonds is 6. The predicted octanol–water partition coefficient (Wildman–Crippen LogP) is 1.79. The number of likely N-dealkylation sites (tertiary alicyclic amines) is 1. The van der Waals surface area contributed by atoms with Gasteiger partial charge >= 0.3 is 0 Å². The van der Waals surface area contributed by atoms with Gasteiger partial charge in [-0.15, -0.1) is 0 Å². The third kappa shape index (κ3) is 5.43. The average molecular weight is 303 g/mol. The van der Waals surface area contributed by atoms with Crippen molar-refractivity contribution in [1.82, 2.24) is 10.2 Å². The summed E-state index contributed by atoms with van der Waals surface area (Å²) in [7, 11) is 0. The smallest absolute Gasteiger partial charge is 0.237 e. The fraction of sp³-hybridized carbons (Fsp3) is 0.611. The molecule has 1 aliphatic rings. The number of benzene rings is 1. The summed E-state index contributed by atoms with van der Waals surface area (Å²) in [4.78, 5) is 14.7. The van der Waals surface area contributed by atoms with Crippen LogP contribution in [-0.2, 0) is 11.2 Å². The highest BCUT2D eigenvalue weighted by atomic mass is 16.2. The zero-order chi connectivity index (χ0) is 15.9. The molecule has 1 aromatic carbocycles. The van der Waals surface area contributed by atoms with Gasteiger partial charge in [-0.25, -0.2) is 0 Å². The maximum Gasteiger partial charge on any atom is 0.237 e. The van der Waals surface area contributed by atoms with Crippen LogP contribution in [0.5, 0.6) is 0 Å². The van der Waals surface area contributed by atoms with Crippen LogP contribution in [0.4, 0.5) is 0 Å². The number of hydrogen-bond acceptors (Lipinski definition) is 3. The highest BCUT2D eigenvalue weighted by Gasteiger charge is 2.23. The van der Waals surface area contributed by atoms with Crippen LogP contribution in [0, 0.1) is 5.92 Å². The fourth-order valence-electron chi connectivity index (χ4n) is 3.05. The van der Waals surface area contributed by atoms with E-state index in [1.165, 1.54) is 0 Å². The third-order valence-corrected chi connectivity index (χ3v) is 4.19. The second-order valence-corrected chi connectivity index (χ2v) is 6.77. The molecular weight excluding hydrogens is 274 g/mol. The Bertz CT molecular complexity index is 453. The lowest BCUT2D eigenvalue weighted by Crippen LogP contribution is -2.50. The quantitative estimate of drug-likeness (QED) is 0.842. The summed E-state index contributed by atoms with van der Waals surface area (Å²) < 4.78 is 0. The molecule has 0 aromatic heterocycles. The van der Waals surface area contributed by atoms with Gasteiger partial charge in [0.2, 0.25) is 5.91 Å². The van der Waals surface area contributed by atoms with Gasteiger partial charge in [-0.3, -0.25) is 4.79 Å². The zero-order valence-corrected chi connectivity index (χ0v) is 13.8. The zero-order valence-electron chi connectivity index (χ0n) is 13.8. The molecule has 0 spiro atoms. The molecule has 4 nitrogen and oxygen atoms in total. The number of carbonyl (C=O) groups excluding carboxylic acids is 1. The van der Waals surface area contributed by atoms with E-state index in [1.807, 2.05) is 30.3 Å². The van der Waals surface area contributed by atoms with E-state index < -0.39 is 6.04 Å². The highest BCUT2D eigenvalue weighted by molar-refractivity contribution is 5.82. The van der Waals surface area contributed by atoms with Crippen molar-refractivity contribution in [3.63, 3.8) is 0 Å². The van der Waals surface area contributed by atoms with Gasteiger partial charge in [0.15, 0.2) is 0 Å². The Morgan fingerprint density at radius 3 is 2.50 bits per heavy atom. The van der Waals surface area contributed by atoms with Gasteiger partial charge in [0.25, 0.3) is 0 Å². The lowest BCUT2D eigenvalue weighted by molar-refractivity contribution is -0.123. The van der Waals surface area contributed by atoms with Crippen molar-refractivity contribution >= 4 is 5.91 Å². The molecule has 1 unspecified atom stereocenters. The number of piperidine rings is 1. The normalized spacial score (nSPS) is 18.4. The van der Waals surface area contributed by atoms with Crippen LogP contribution in [0.1, 0.15) is 32.3 Å². The summed E-state index contributed by atoms with van der Waals surface area (Å²) in [5.74, 6) is 0.677. The van der Waals surface area contributed by atoms with E-state index in [2.05, 4.69) is 24.1 Å². The van der Waals surface area contributed by atoms with Crippen molar-refractivity contribution < 1.29 is 4.79 Å². The minimum absolute atomic E-state index is 0.0221. The summed E-state index contributed by atoms with van der Waals surface area (Å²) in [5.41, 5.74) is 7.15. The van der Waals surface area contributed by atoms with Crippen molar-refractivity contribution in [3.05, 3.63) is 35.9 Å². The molecule has 1 heterocycles. The van der Waals surface area contributed by atoms with Crippen LogP contribution in [-0.4, -0.2) is 42.5 Å². The van der Waals surface area contributed by atoms with Crippen LogP contribution in [0.15, 0.2) is 30.3 Å². The molecule has 1 aliphatic heterocycles. The molecule has 0 saturated carbocycles. The van der Waals surface area contributed by atoms with Gasteiger partial charge < -0.3 is 16.0 Å². The summed E-state index contributed by atoms with van der Waals surface area (Å²) in [6, 6.07) is 9.76. The molecule has 122 valence electrons. The molecule has 22 heavy (non-hydrogen) atoms. The number of nitrogens with two attached hydrogens (primary N) is 1. The molecular formula is C18H29N3O. The van der Waals surface area contributed by atoms with Gasteiger partial charge in [-0.05, 0) is 30.7 Å². The lowest BCUT2D eigenvalue weighted by Gasteiger charge is -2.33. The Labute approximate surface area is 134 Å². The molecule has 1 amide bonds. The van der Waals surface area contributed by atoms with E-state index in [4.69, 9.17) is 5.73 Å². The van der Waals surface area contributed by atoms with Crippen LogP contribution in [0.2, 0.25) is 0 Å². The molecule has 3 N–H and O–H groups in total. The Morgan fingerprint density at radius 1 is 1.27 bits per heavy atom. The standard InChI is InChI=1S/C18H29N3O/c1-14(2)13-21-10-8-16(9-11-21)20-18(22)17(19)12-15-6-4-3-5-7-15/h3-7,14,16-17H,8-13,19H2,1-2H3,(H,20,22). The molecule has 0 radical (unpaired) electrons. The third-order valence-electron chi connectivity index (χ3n) is 4.19. The Hall–Kier alpha value is -1.39. The first-order chi connectivity index (χ1) is 10.5. The first-order valence-corrected chi connectivity index (χ1v) is 8.37. The fourth-order valence-corrected chi connectivity index (χ4v) is 3.05. The van der Waals surface area contributed by atoms with Crippen molar-refractivity contribution in [3.8, 4) is 0 Å². The predicted molar refractivity (Wildman–Crippen MR) is 90.6 cm³/mol. The molecule has 2 rings (SSSR count). The Balaban J connectivity index is 1.73. The van der Waals surface area contributed by atoms with Crippen LogP contribution >= 0.6 is 0 Å². The SMILES string of the molecule is CC(C)CN1CCC(NC(=O)C(N)Cc2ccccc2)CC1. The van der Waals surface area contributed by atoms with Gasteiger partial charge in [-0.1, -0.05) is 44.2 Å². The summed E-state index contributed by atoms with van der Waals surface area (Å²) in [5, 5.41) is 3.12. The monoisotopic (exact) mass is 303 g/mol. The maximum atomic E-state index is 12.2. The van der Waals surface area contributed by atoms with Crippen molar-refractivity contribution in [1.29, 1.82) is 0 Å². The summed E-state index contributed by atoms with van der Waals surface area (Å²) >= 11 is 0. The molecule has 0 bridgehead atoms. The van der Waals surface area contributed by atoms with E-state index >= 15 is 0 Å². The number of amides is 1. The second-order valence-electron chi connectivity index (χ2n) is 6.77. The maximum absolute atomic E-state index is 12.2. The molecule has 1 fully saturated rings. The molecule has 4 heteroatoms. The van der Waals surface area contributed by atoms with Crippen LogP contribution in [0.25, 0.3) is 0 Å². The molecule has 1 saturated heterocycles. The Kier molecular flexibility index (Phi) is 6.40. The molecule has 0 aliphatic carbocycles. The number of carbonyl (C=O) groups is 1. The van der Waals surface area contributed by atoms with Crippen molar-refractivity contribution in [2.45, 2.75) is 45.2 Å². The Morgan fingerprint density at radius 2 is 1.91 bits per heavy atom. The topological polar surface area (TPSA) is 58.4 Å². The second kappa shape index (κ2) is 8.30. The molecule has 1 aromatic rings. The first kappa shape index (κ1) is 17.0. The largest absolute Gasteiger partial charge is 0.352 e. The lowest BCUT2D eigenvalue weighted by atomic mass is 10.0. The van der Waals surface area contributed by atoms with Gasteiger partial charge in [0, 0.05) is 25.7 Å². The van der Waals surface area contributed by atoms with E-state index in [-0.39, 0.29) is 11.9 Å². The summed E-state index contributed by atoms with van der Waals surface area (Å²) in [6.07, 6.45) is 2.64. The van der Waals surface area contributed by atoms with Gasteiger partial charge in [0.1, 0.15) is 0 Å². The number of nitrogens with zero attached hydrogens (tertiary/aromatic N) is 1. The highest BCUT2D eigenvalue weighted by Crippen LogP contribution is 2.12. The number of nitrogens with one attached hydrogen (secondary N) is 1. The van der Waals surface area contributed by atoms with Gasteiger partial charge in [0.05, 0.1) is 6.04 Å². The molecule has 1 atom stereocenters.